The van der Waals surface area contributed by atoms with Crippen LogP contribution in [0.15, 0.2) is 24.7 Å². The first kappa shape index (κ1) is 10.2. The molecule has 82 valence electrons. The van der Waals surface area contributed by atoms with E-state index < -0.39 is 0 Å². The van der Waals surface area contributed by atoms with Gasteiger partial charge in [0.15, 0.2) is 5.82 Å². The summed E-state index contributed by atoms with van der Waals surface area (Å²) in [5, 5.41) is 8.91. The Labute approximate surface area is 91.9 Å². The number of amides is 1. The highest BCUT2D eigenvalue weighted by Gasteiger charge is 2.09. The van der Waals surface area contributed by atoms with Crippen molar-refractivity contribution in [2.45, 2.75) is 6.92 Å². The van der Waals surface area contributed by atoms with Gasteiger partial charge in [0, 0.05) is 12.4 Å². The lowest BCUT2D eigenvalue weighted by Gasteiger charge is -2.03. The van der Waals surface area contributed by atoms with Gasteiger partial charge in [-0.2, -0.15) is 5.10 Å². The molecule has 0 atom stereocenters. The molecule has 16 heavy (non-hydrogen) atoms. The first-order valence-corrected chi connectivity index (χ1v) is 4.68. The zero-order valence-electron chi connectivity index (χ0n) is 8.69. The number of hydrogen-bond donors (Lipinski definition) is 3. The fourth-order valence-electron chi connectivity index (χ4n) is 1.26. The van der Waals surface area contributed by atoms with Gasteiger partial charge in [0.2, 0.25) is 0 Å². The van der Waals surface area contributed by atoms with Crippen LogP contribution >= 0.6 is 0 Å². The number of H-pyrrole nitrogens is 1. The van der Waals surface area contributed by atoms with Crippen molar-refractivity contribution in [2.24, 2.45) is 0 Å². The Balaban J connectivity index is 2.18. The quantitative estimate of drug-likeness (QED) is 0.697. The highest BCUT2D eigenvalue weighted by Crippen LogP contribution is 2.13. The molecule has 0 saturated heterocycles. The number of hydrogen-bond acceptors (Lipinski definition) is 4. The first-order valence-electron chi connectivity index (χ1n) is 4.68. The molecule has 0 unspecified atom stereocenters. The Kier molecular flexibility index (Phi) is 2.55. The number of nitrogens with two attached hydrogens (primary N) is 1. The third kappa shape index (κ3) is 2.00. The van der Waals surface area contributed by atoms with Gasteiger partial charge in [0.25, 0.3) is 5.91 Å². The monoisotopic (exact) mass is 217 g/mol. The number of carbonyl (C=O) groups excluding carboxylic acids is 1. The SMILES string of the molecule is Cc1cncc(C(=O)Nc2[nH]ncc2N)c1. The van der Waals surface area contributed by atoms with E-state index in [9.17, 15) is 4.79 Å². The minimum absolute atomic E-state index is 0.271. The van der Waals surface area contributed by atoms with Gasteiger partial charge < -0.3 is 11.1 Å². The summed E-state index contributed by atoms with van der Waals surface area (Å²) in [4.78, 5) is 15.7. The highest BCUT2D eigenvalue weighted by atomic mass is 16.1. The van der Waals surface area contributed by atoms with E-state index in [1.165, 1.54) is 12.4 Å². The Bertz CT molecular complexity index is 519. The topological polar surface area (TPSA) is 96.7 Å². The number of pyridine rings is 1. The molecule has 6 nitrogen and oxygen atoms in total. The molecule has 0 spiro atoms. The third-order valence-corrected chi connectivity index (χ3v) is 2.04. The Morgan fingerprint density at radius 3 is 2.88 bits per heavy atom. The van der Waals surface area contributed by atoms with E-state index in [0.29, 0.717) is 17.1 Å². The van der Waals surface area contributed by atoms with Crippen molar-refractivity contribution in [3.8, 4) is 0 Å². The molecule has 2 heterocycles. The molecule has 0 bridgehead atoms. The molecule has 1 amide bonds. The number of aryl methyl sites for hydroxylation is 1. The van der Waals surface area contributed by atoms with Crippen LogP contribution in [0.4, 0.5) is 11.5 Å². The summed E-state index contributed by atoms with van der Waals surface area (Å²) in [7, 11) is 0. The number of nitrogens with zero attached hydrogens (tertiary/aromatic N) is 2. The van der Waals surface area contributed by atoms with Crippen LogP contribution in [0.2, 0.25) is 0 Å². The maximum Gasteiger partial charge on any atom is 0.258 e. The summed E-state index contributed by atoms with van der Waals surface area (Å²) in [6, 6.07) is 1.74. The van der Waals surface area contributed by atoms with Crippen LogP contribution in [-0.2, 0) is 0 Å². The van der Waals surface area contributed by atoms with Gasteiger partial charge in [-0.15, -0.1) is 0 Å². The Morgan fingerprint density at radius 2 is 2.25 bits per heavy atom. The summed E-state index contributed by atoms with van der Waals surface area (Å²) in [5.74, 6) is 0.124. The lowest BCUT2D eigenvalue weighted by Crippen LogP contribution is -2.13. The molecular formula is C10H11N5O. The second kappa shape index (κ2) is 4.01. The van der Waals surface area contributed by atoms with Crippen molar-refractivity contribution in [3.63, 3.8) is 0 Å². The van der Waals surface area contributed by atoms with Crippen LogP contribution in [-0.4, -0.2) is 21.1 Å². The average molecular weight is 217 g/mol. The fraction of sp³-hybridized carbons (Fsp3) is 0.100. The number of nitrogens with one attached hydrogen (secondary N) is 2. The normalized spacial score (nSPS) is 10.1. The highest BCUT2D eigenvalue weighted by molar-refractivity contribution is 6.04. The molecule has 0 saturated carbocycles. The zero-order chi connectivity index (χ0) is 11.5. The molecule has 2 rings (SSSR count). The van der Waals surface area contributed by atoms with E-state index in [0.717, 1.165) is 5.56 Å². The lowest BCUT2D eigenvalue weighted by molar-refractivity contribution is 0.102. The summed E-state index contributed by atoms with van der Waals surface area (Å²) >= 11 is 0. The lowest BCUT2D eigenvalue weighted by atomic mass is 10.2. The van der Waals surface area contributed by atoms with E-state index in [2.05, 4.69) is 20.5 Å². The molecule has 4 N–H and O–H groups in total. The maximum atomic E-state index is 11.8. The van der Waals surface area contributed by atoms with Crippen molar-refractivity contribution >= 4 is 17.4 Å². The molecule has 2 aromatic heterocycles. The summed E-state index contributed by atoms with van der Waals surface area (Å²) in [6.45, 7) is 1.87. The number of aromatic nitrogens is 3. The number of carbonyl (C=O) groups is 1. The van der Waals surface area contributed by atoms with Gasteiger partial charge >= 0.3 is 0 Å². The minimum Gasteiger partial charge on any atom is -0.394 e. The van der Waals surface area contributed by atoms with Crippen molar-refractivity contribution in [1.82, 2.24) is 15.2 Å². The van der Waals surface area contributed by atoms with E-state index in [1.807, 2.05) is 6.92 Å². The van der Waals surface area contributed by atoms with E-state index >= 15 is 0 Å². The van der Waals surface area contributed by atoms with Crippen molar-refractivity contribution in [2.75, 3.05) is 11.1 Å². The van der Waals surface area contributed by atoms with Crippen molar-refractivity contribution < 1.29 is 4.79 Å². The van der Waals surface area contributed by atoms with Gasteiger partial charge in [-0.05, 0) is 18.6 Å². The van der Waals surface area contributed by atoms with E-state index in [4.69, 9.17) is 5.73 Å². The fourth-order valence-corrected chi connectivity index (χ4v) is 1.26. The smallest absolute Gasteiger partial charge is 0.258 e. The molecule has 2 aromatic rings. The first-order chi connectivity index (χ1) is 7.66. The Morgan fingerprint density at radius 1 is 1.44 bits per heavy atom. The van der Waals surface area contributed by atoms with Crippen LogP contribution < -0.4 is 11.1 Å². The van der Waals surface area contributed by atoms with Crippen LogP contribution in [0, 0.1) is 6.92 Å². The summed E-state index contributed by atoms with van der Waals surface area (Å²) < 4.78 is 0. The molecule has 0 aliphatic carbocycles. The minimum atomic E-state index is -0.271. The van der Waals surface area contributed by atoms with Gasteiger partial charge in [0.1, 0.15) is 0 Å². The predicted molar refractivity (Wildman–Crippen MR) is 59.9 cm³/mol. The van der Waals surface area contributed by atoms with Crippen LogP contribution in [0.5, 0.6) is 0 Å². The van der Waals surface area contributed by atoms with Crippen LogP contribution in [0.3, 0.4) is 0 Å². The zero-order valence-corrected chi connectivity index (χ0v) is 8.69. The molecule has 6 heteroatoms. The van der Waals surface area contributed by atoms with Gasteiger partial charge in [-0.25, -0.2) is 0 Å². The van der Waals surface area contributed by atoms with Crippen LogP contribution in [0.1, 0.15) is 15.9 Å². The van der Waals surface area contributed by atoms with Gasteiger partial charge in [-0.3, -0.25) is 14.9 Å². The van der Waals surface area contributed by atoms with Gasteiger partial charge in [0.05, 0.1) is 17.4 Å². The number of rotatable bonds is 2. The van der Waals surface area contributed by atoms with Crippen molar-refractivity contribution in [1.29, 1.82) is 0 Å². The second-order valence-corrected chi connectivity index (χ2v) is 3.41. The maximum absolute atomic E-state index is 11.8. The van der Waals surface area contributed by atoms with E-state index in [-0.39, 0.29) is 5.91 Å². The molecule has 0 aliphatic rings. The van der Waals surface area contributed by atoms with Gasteiger partial charge in [-0.1, -0.05) is 0 Å². The standard InChI is InChI=1S/C10H11N5O/c1-6-2-7(4-12-3-6)10(16)14-9-8(11)5-13-15-9/h2-5H,11H2,1H3,(H2,13,14,15,16). The molecule has 0 aromatic carbocycles. The predicted octanol–water partition coefficient (Wildman–Crippen LogP) is 0.948. The second-order valence-electron chi connectivity index (χ2n) is 3.41. The van der Waals surface area contributed by atoms with Crippen LogP contribution in [0.25, 0.3) is 0 Å². The average Bonchev–Trinajstić information content (AvgIpc) is 2.64. The summed E-state index contributed by atoms with van der Waals surface area (Å²) in [5.41, 5.74) is 7.37. The van der Waals surface area contributed by atoms with Crippen molar-refractivity contribution in [3.05, 3.63) is 35.8 Å². The molecule has 0 aliphatic heterocycles. The molecule has 0 fully saturated rings. The number of nitrogen functional groups attached to an aromatic ring is 1. The molecular weight excluding hydrogens is 206 g/mol. The number of aromatic amines is 1. The third-order valence-electron chi connectivity index (χ3n) is 2.04. The molecule has 0 radical (unpaired) electrons. The summed E-state index contributed by atoms with van der Waals surface area (Å²) in [6.07, 6.45) is 4.61. The Hall–Kier alpha value is -2.37. The van der Waals surface area contributed by atoms with E-state index in [1.54, 1.807) is 12.3 Å². The largest absolute Gasteiger partial charge is 0.394 e. The number of anilines is 2.